The van der Waals surface area contributed by atoms with Gasteiger partial charge in [0.1, 0.15) is 0 Å². The molecule has 0 aromatic rings. The van der Waals surface area contributed by atoms with Crippen molar-refractivity contribution in [3.63, 3.8) is 0 Å². The van der Waals surface area contributed by atoms with Crippen LogP contribution in [-0.4, -0.2) is 0 Å². The molecule has 0 aromatic heterocycles. The van der Waals surface area contributed by atoms with E-state index in [9.17, 15) is 0 Å². The van der Waals surface area contributed by atoms with E-state index in [1.807, 2.05) is 0 Å². The van der Waals surface area contributed by atoms with Crippen molar-refractivity contribution >= 4 is 0 Å². The predicted octanol–water partition coefficient (Wildman–Crippen LogP) is -7.88. The molecule has 0 aromatic carbocycles. The molecule has 0 aliphatic carbocycles. The molecule has 0 spiro atoms. The minimum Gasteiger partial charge on any atom is -0.447 e. The fourth-order valence-electron chi connectivity index (χ4n) is 0. The molecule has 0 saturated carbocycles. The van der Waals surface area contributed by atoms with E-state index in [2.05, 4.69) is 20.8 Å². The molecular formula is C4H7Li3. The van der Waals surface area contributed by atoms with Crippen LogP contribution in [0.15, 0.2) is 0 Å². The standard InChI is InChI=1S/C4H7.3Li/c1-4(2)3;;;/h4H,1-3H2;;;/q-3;3*+1. The van der Waals surface area contributed by atoms with Gasteiger partial charge in [0.05, 0.1) is 0 Å². The van der Waals surface area contributed by atoms with Gasteiger partial charge in [-0.05, 0) is 0 Å². The molecule has 0 N–H and O–H groups in total. The molecule has 0 unspecified atom stereocenters. The van der Waals surface area contributed by atoms with Crippen LogP contribution in [0.5, 0.6) is 0 Å². The third-order valence-corrected chi connectivity index (χ3v) is 0. The van der Waals surface area contributed by atoms with E-state index in [4.69, 9.17) is 0 Å². The second-order valence-electron chi connectivity index (χ2n) is 0.866. The molecule has 0 atom stereocenters. The Morgan fingerprint density at radius 3 is 0.714 bits per heavy atom. The zero-order valence-electron chi connectivity index (χ0n) is 5.70. The summed E-state index contributed by atoms with van der Waals surface area (Å²) in [4.78, 5) is 0. The van der Waals surface area contributed by atoms with Gasteiger partial charge in [-0.15, -0.1) is 0 Å². The van der Waals surface area contributed by atoms with Crippen LogP contribution in [0.3, 0.4) is 0 Å². The van der Waals surface area contributed by atoms with Crippen LogP contribution < -0.4 is 56.6 Å². The molecule has 0 saturated heterocycles. The van der Waals surface area contributed by atoms with Crippen molar-refractivity contribution in [2.24, 2.45) is 5.92 Å². The minimum atomic E-state index is 0. The summed E-state index contributed by atoms with van der Waals surface area (Å²) in [5.74, 6) is 0.0833. The van der Waals surface area contributed by atoms with E-state index in [0.717, 1.165) is 0 Å². The van der Waals surface area contributed by atoms with E-state index < -0.39 is 0 Å². The van der Waals surface area contributed by atoms with Crippen LogP contribution in [0, 0.1) is 26.7 Å². The summed E-state index contributed by atoms with van der Waals surface area (Å²) >= 11 is 0. The van der Waals surface area contributed by atoms with E-state index in [0.29, 0.717) is 0 Å². The molecule has 0 aliphatic rings. The van der Waals surface area contributed by atoms with Crippen molar-refractivity contribution in [2.45, 2.75) is 0 Å². The van der Waals surface area contributed by atoms with Crippen molar-refractivity contribution < 1.29 is 56.6 Å². The Morgan fingerprint density at radius 2 is 0.714 bits per heavy atom. The van der Waals surface area contributed by atoms with Gasteiger partial charge in [-0.1, -0.05) is 0 Å². The third-order valence-electron chi connectivity index (χ3n) is 0. The Bertz CT molecular complexity index is 11.7. The topological polar surface area (TPSA) is 0 Å². The van der Waals surface area contributed by atoms with Crippen LogP contribution in [0.1, 0.15) is 0 Å². The molecule has 0 heterocycles. The average molecular weight is 75.9 g/mol. The molecule has 0 amide bonds. The van der Waals surface area contributed by atoms with Gasteiger partial charge < -0.3 is 26.7 Å². The monoisotopic (exact) mass is 76.1 g/mol. The second-order valence-corrected chi connectivity index (χ2v) is 0.866. The fourth-order valence-corrected chi connectivity index (χ4v) is 0. The maximum Gasteiger partial charge on any atom is 1.00 e. The summed E-state index contributed by atoms with van der Waals surface area (Å²) in [5, 5.41) is 0. The van der Waals surface area contributed by atoms with Crippen LogP contribution in [-0.2, 0) is 0 Å². The Kier molecular flexibility index (Phi) is 52.0. The quantitative estimate of drug-likeness (QED) is 0.198. The molecule has 0 nitrogen and oxygen atoms in total. The first-order valence-corrected chi connectivity index (χ1v) is 1.22. The zero-order valence-corrected chi connectivity index (χ0v) is 5.70. The van der Waals surface area contributed by atoms with Crippen molar-refractivity contribution in [3.05, 3.63) is 20.8 Å². The number of hydrogen-bond acceptors (Lipinski definition) is 0. The molecule has 3 heteroatoms. The molecule has 0 aliphatic heterocycles. The molecule has 7 heavy (non-hydrogen) atoms. The first-order chi connectivity index (χ1) is 1.73. The van der Waals surface area contributed by atoms with Gasteiger partial charge in [0.2, 0.25) is 0 Å². The summed E-state index contributed by atoms with van der Waals surface area (Å²) in [6, 6.07) is 0. The molecule has 0 fully saturated rings. The largest absolute Gasteiger partial charge is 1.00 e. The van der Waals surface area contributed by atoms with E-state index >= 15 is 0 Å². The van der Waals surface area contributed by atoms with Gasteiger partial charge in [-0.3, -0.25) is 0 Å². The van der Waals surface area contributed by atoms with Crippen LogP contribution >= 0.6 is 0 Å². The maximum atomic E-state index is 3.42. The van der Waals surface area contributed by atoms with Crippen LogP contribution in [0.2, 0.25) is 0 Å². The van der Waals surface area contributed by atoms with Gasteiger partial charge >= 0.3 is 56.6 Å². The Balaban J connectivity index is -0.0000000150. The van der Waals surface area contributed by atoms with Crippen molar-refractivity contribution in [3.8, 4) is 0 Å². The van der Waals surface area contributed by atoms with Crippen molar-refractivity contribution in [2.75, 3.05) is 0 Å². The smallest absolute Gasteiger partial charge is 0.447 e. The summed E-state index contributed by atoms with van der Waals surface area (Å²) in [5.41, 5.74) is 0. The summed E-state index contributed by atoms with van der Waals surface area (Å²) in [7, 11) is 0. The van der Waals surface area contributed by atoms with Crippen LogP contribution in [0.25, 0.3) is 0 Å². The maximum absolute atomic E-state index is 3.42. The summed E-state index contributed by atoms with van der Waals surface area (Å²) in [6.45, 7) is 10.2. The minimum absolute atomic E-state index is 0. The second kappa shape index (κ2) is 15.7. The van der Waals surface area contributed by atoms with E-state index in [1.165, 1.54) is 0 Å². The van der Waals surface area contributed by atoms with Crippen molar-refractivity contribution in [1.29, 1.82) is 0 Å². The average Bonchev–Trinajstić information content (AvgIpc) is 0.811. The number of rotatable bonds is 0. The molecule has 0 radical (unpaired) electrons. The Hall–Kier alpha value is 1.79. The number of hydrogen-bond donors (Lipinski definition) is 0. The first kappa shape index (κ1) is 23.2. The normalized spacial score (nSPS) is 5.14. The Labute approximate surface area is 82.7 Å². The van der Waals surface area contributed by atoms with E-state index in [-0.39, 0.29) is 62.5 Å². The van der Waals surface area contributed by atoms with Gasteiger partial charge in [0, 0.05) is 0 Å². The molecule has 0 rings (SSSR count). The van der Waals surface area contributed by atoms with Gasteiger partial charge in [-0.25, -0.2) is 0 Å². The van der Waals surface area contributed by atoms with Crippen molar-refractivity contribution in [1.82, 2.24) is 0 Å². The molecule has 26 valence electrons. The fraction of sp³-hybridized carbons (Fsp3) is 0.250. The van der Waals surface area contributed by atoms with Crippen LogP contribution in [0.4, 0.5) is 0 Å². The van der Waals surface area contributed by atoms with E-state index in [1.54, 1.807) is 0 Å². The molecular weight excluding hydrogens is 68.9 g/mol. The summed E-state index contributed by atoms with van der Waals surface area (Å²) in [6.07, 6.45) is 0. The predicted molar refractivity (Wildman–Crippen MR) is 19.6 cm³/mol. The van der Waals surface area contributed by atoms with Gasteiger partial charge in [-0.2, -0.15) is 0 Å². The summed E-state index contributed by atoms with van der Waals surface area (Å²) < 4.78 is 0. The molecule has 0 bridgehead atoms. The van der Waals surface area contributed by atoms with Gasteiger partial charge in [0.25, 0.3) is 0 Å². The third kappa shape index (κ3) is 81.4. The SMILES string of the molecule is [CH2-]C([CH2-])[CH2-].[Li+].[Li+].[Li+]. The first-order valence-electron chi connectivity index (χ1n) is 1.22. The Morgan fingerprint density at radius 1 is 0.714 bits per heavy atom. The zero-order chi connectivity index (χ0) is 3.58. The van der Waals surface area contributed by atoms with Gasteiger partial charge in [0.15, 0.2) is 0 Å².